The third kappa shape index (κ3) is 3.02. The molecule has 3 rings (SSSR count). The maximum atomic E-state index is 13.6. The molecule has 1 N–H and O–H groups in total. The summed E-state index contributed by atoms with van der Waals surface area (Å²) in [5.74, 6) is 0.377. The largest absolute Gasteiger partial charge is 0.380 e. The fourth-order valence-electron chi connectivity index (χ4n) is 2.21. The van der Waals surface area contributed by atoms with E-state index in [2.05, 4.69) is 15.5 Å². The van der Waals surface area contributed by atoms with Gasteiger partial charge in [0.25, 0.3) is 0 Å². The smallest absolute Gasteiger partial charge is 0.240 e. The van der Waals surface area contributed by atoms with Gasteiger partial charge in [0.05, 0.1) is 18.7 Å². The monoisotopic (exact) mass is 277 g/mol. The molecule has 1 saturated heterocycles. The standard InChI is InChI=1S/C14H16FN3O2/c15-12-6-2-1-5-11(12)14-17-13(20-18-14)8-16-10-4-3-7-19-9-10/h1-2,5-6,10,16H,3-4,7-9H2/t10-/m1/s1. The van der Waals surface area contributed by atoms with Gasteiger partial charge in [-0.05, 0) is 25.0 Å². The van der Waals surface area contributed by atoms with Crippen molar-refractivity contribution in [3.63, 3.8) is 0 Å². The van der Waals surface area contributed by atoms with E-state index in [0.29, 0.717) is 30.6 Å². The van der Waals surface area contributed by atoms with Gasteiger partial charge in [-0.2, -0.15) is 4.98 Å². The molecule has 0 unspecified atom stereocenters. The molecular weight excluding hydrogens is 261 g/mol. The maximum absolute atomic E-state index is 13.6. The first-order valence-electron chi connectivity index (χ1n) is 6.71. The number of aromatic nitrogens is 2. The number of ether oxygens (including phenoxy) is 1. The Morgan fingerprint density at radius 1 is 1.35 bits per heavy atom. The average molecular weight is 277 g/mol. The number of nitrogens with one attached hydrogen (secondary N) is 1. The summed E-state index contributed by atoms with van der Waals surface area (Å²) in [6.45, 7) is 2.00. The van der Waals surface area contributed by atoms with Crippen LogP contribution in [0.4, 0.5) is 4.39 Å². The van der Waals surface area contributed by atoms with Crippen LogP contribution < -0.4 is 5.32 Å². The van der Waals surface area contributed by atoms with Gasteiger partial charge in [0.15, 0.2) is 0 Å². The highest BCUT2D eigenvalue weighted by Crippen LogP contribution is 2.19. The Kier molecular flexibility index (Phi) is 4.03. The second-order valence-corrected chi connectivity index (χ2v) is 4.79. The number of hydrogen-bond donors (Lipinski definition) is 1. The Morgan fingerprint density at radius 2 is 2.25 bits per heavy atom. The molecule has 1 aliphatic rings. The molecule has 106 valence electrons. The van der Waals surface area contributed by atoms with Crippen molar-refractivity contribution in [2.75, 3.05) is 13.2 Å². The van der Waals surface area contributed by atoms with Gasteiger partial charge in [-0.1, -0.05) is 17.3 Å². The zero-order chi connectivity index (χ0) is 13.8. The molecule has 0 aliphatic carbocycles. The summed E-state index contributed by atoms with van der Waals surface area (Å²) in [7, 11) is 0. The van der Waals surface area contributed by atoms with Crippen molar-refractivity contribution in [1.82, 2.24) is 15.5 Å². The summed E-state index contributed by atoms with van der Waals surface area (Å²) in [5, 5.41) is 7.12. The first-order chi connectivity index (χ1) is 9.83. The second kappa shape index (κ2) is 6.11. The summed E-state index contributed by atoms with van der Waals surface area (Å²) in [6.07, 6.45) is 2.14. The van der Waals surface area contributed by atoms with Gasteiger partial charge in [-0.25, -0.2) is 4.39 Å². The van der Waals surface area contributed by atoms with Crippen LogP contribution in [0.25, 0.3) is 11.4 Å². The molecule has 1 aromatic carbocycles. The molecule has 6 heteroatoms. The molecule has 0 radical (unpaired) electrons. The van der Waals surface area contributed by atoms with Gasteiger partial charge in [-0.3, -0.25) is 0 Å². The van der Waals surface area contributed by atoms with Gasteiger partial charge in [0, 0.05) is 12.6 Å². The van der Waals surface area contributed by atoms with Crippen molar-refractivity contribution in [3.8, 4) is 11.4 Å². The quantitative estimate of drug-likeness (QED) is 0.927. The van der Waals surface area contributed by atoms with E-state index in [-0.39, 0.29) is 11.6 Å². The summed E-state index contributed by atoms with van der Waals surface area (Å²) in [5.41, 5.74) is 0.350. The van der Waals surface area contributed by atoms with E-state index in [1.165, 1.54) is 6.07 Å². The Labute approximate surface area is 116 Å². The van der Waals surface area contributed by atoms with E-state index in [4.69, 9.17) is 9.26 Å². The van der Waals surface area contributed by atoms with Crippen LogP contribution in [-0.4, -0.2) is 29.4 Å². The minimum atomic E-state index is -0.353. The normalized spacial score (nSPS) is 19.1. The lowest BCUT2D eigenvalue weighted by Gasteiger charge is -2.22. The summed E-state index contributed by atoms with van der Waals surface area (Å²) in [4.78, 5) is 4.20. The van der Waals surface area contributed by atoms with Gasteiger partial charge < -0.3 is 14.6 Å². The molecule has 2 heterocycles. The predicted molar refractivity (Wildman–Crippen MR) is 70.4 cm³/mol. The van der Waals surface area contributed by atoms with E-state index in [9.17, 15) is 4.39 Å². The predicted octanol–water partition coefficient (Wildman–Crippen LogP) is 2.14. The lowest BCUT2D eigenvalue weighted by molar-refractivity contribution is 0.0689. The summed E-state index contributed by atoms with van der Waals surface area (Å²) in [6, 6.07) is 6.69. The van der Waals surface area contributed by atoms with E-state index >= 15 is 0 Å². The van der Waals surface area contributed by atoms with E-state index in [1.54, 1.807) is 18.2 Å². The lowest BCUT2D eigenvalue weighted by Crippen LogP contribution is -2.36. The molecule has 0 bridgehead atoms. The summed E-state index contributed by atoms with van der Waals surface area (Å²) < 4.78 is 24.1. The zero-order valence-corrected chi connectivity index (χ0v) is 11.0. The highest BCUT2D eigenvalue weighted by molar-refractivity contribution is 5.54. The number of rotatable bonds is 4. The molecule has 2 aromatic rings. The van der Waals surface area contributed by atoms with E-state index in [1.807, 2.05) is 0 Å². The third-order valence-corrected chi connectivity index (χ3v) is 3.29. The number of halogens is 1. The van der Waals surface area contributed by atoms with Crippen molar-refractivity contribution < 1.29 is 13.7 Å². The zero-order valence-electron chi connectivity index (χ0n) is 11.0. The van der Waals surface area contributed by atoms with Crippen LogP contribution in [0, 0.1) is 5.82 Å². The molecule has 20 heavy (non-hydrogen) atoms. The third-order valence-electron chi connectivity index (χ3n) is 3.29. The highest BCUT2D eigenvalue weighted by atomic mass is 19.1. The van der Waals surface area contributed by atoms with Crippen molar-refractivity contribution >= 4 is 0 Å². The Balaban J connectivity index is 1.63. The van der Waals surface area contributed by atoms with Crippen molar-refractivity contribution in [2.24, 2.45) is 0 Å². The van der Waals surface area contributed by atoms with Crippen LogP contribution in [0.5, 0.6) is 0 Å². The molecule has 1 aliphatic heterocycles. The van der Waals surface area contributed by atoms with Crippen LogP contribution in [0.3, 0.4) is 0 Å². The SMILES string of the molecule is Fc1ccccc1-c1noc(CN[C@@H]2CCCOC2)n1. The topological polar surface area (TPSA) is 60.2 Å². The van der Waals surface area contributed by atoms with Crippen molar-refractivity contribution in [2.45, 2.75) is 25.4 Å². The van der Waals surface area contributed by atoms with Crippen LogP contribution in [-0.2, 0) is 11.3 Å². The van der Waals surface area contributed by atoms with Crippen LogP contribution >= 0.6 is 0 Å². The summed E-state index contributed by atoms with van der Waals surface area (Å²) >= 11 is 0. The molecule has 1 atom stereocenters. The molecule has 5 nitrogen and oxygen atoms in total. The first kappa shape index (κ1) is 13.2. The highest BCUT2D eigenvalue weighted by Gasteiger charge is 2.16. The molecular formula is C14H16FN3O2. The molecule has 0 saturated carbocycles. The van der Waals surface area contributed by atoms with Crippen LogP contribution in [0.15, 0.2) is 28.8 Å². The number of nitrogens with zero attached hydrogens (tertiary/aromatic N) is 2. The lowest BCUT2D eigenvalue weighted by atomic mass is 10.1. The fraction of sp³-hybridized carbons (Fsp3) is 0.429. The van der Waals surface area contributed by atoms with Crippen molar-refractivity contribution in [3.05, 3.63) is 36.0 Å². The minimum absolute atomic E-state index is 0.278. The molecule has 1 aromatic heterocycles. The van der Waals surface area contributed by atoms with Crippen molar-refractivity contribution in [1.29, 1.82) is 0 Å². The Hall–Kier alpha value is -1.79. The number of benzene rings is 1. The van der Waals surface area contributed by atoms with Gasteiger partial charge in [0.2, 0.25) is 11.7 Å². The maximum Gasteiger partial charge on any atom is 0.240 e. The Morgan fingerprint density at radius 3 is 3.05 bits per heavy atom. The molecule has 0 amide bonds. The van der Waals surface area contributed by atoms with Gasteiger partial charge in [-0.15, -0.1) is 0 Å². The average Bonchev–Trinajstić information content (AvgIpc) is 2.95. The van der Waals surface area contributed by atoms with Crippen LogP contribution in [0.1, 0.15) is 18.7 Å². The van der Waals surface area contributed by atoms with Gasteiger partial charge in [0.1, 0.15) is 5.82 Å². The second-order valence-electron chi connectivity index (χ2n) is 4.79. The first-order valence-corrected chi connectivity index (χ1v) is 6.71. The number of hydrogen-bond acceptors (Lipinski definition) is 5. The van der Waals surface area contributed by atoms with Gasteiger partial charge >= 0.3 is 0 Å². The molecule has 1 fully saturated rings. The fourth-order valence-corrected chi connectivity index (χ4v) is 2.21. The molecule has 0 spiro atoms. The van der Waals surface area contributed by atoms with E-state index < -0.39 is 0 Å². The van der Waals surface area contributed by atoms with Crippen LogP contribution in [0.2, 0.25) is 0 Å². The minimum Gasteiger partial charge on any atom is -0.380 e. The van der Waals surface area contributed by atoms with E-state index in [0.717, 1.165) is 19.4 Å². The Bertz CT molecular complexity index is 567.